The summed E-state index contributed by atoms with van der Waals surface area (Å²) < 4.78 is 9.24. The van der Waals surface area contributed by atoms with Crippen LogP contribution in [0, 0.1) is 0 Å². The highest BCUT2D eigenvalue weighted by atomic mass is 16.3. The molecule has 0 N–H and O–H groups in total. The van der Waals surface area contributed by atoms with E-state index in [-0.39, 0.29) is 5.41 Å². The third kappa shape index (κ3) is 6.02. The van der Waals surface area contributed by atoms with Gasteiger partial charge in [0.2, 0.25) is 0 Å². The number of fused-ring (bicyclic) bond motifs is 19. The number of para-hydroxylation sites is 2. The van der Waals surface area contributed by atoms with Crippen molar-refractivity contribution in [2.75, 3.05) is 4.90 Å². The van der Waals surface area contributed by atoms with Crippen LogP contribution < -0.4 is 4.90 Å². The minimum absolute atomic E-state index is 0.180. The number of hydrogen-bond donors (Lipinski definition) is 0. The molecule has 0 bridgehead atoms. The molecule has 2 heterocycles. The van der Waals surface area contributed by atoms with Gasteiger partial charge in [-0.3, -0.25) is 0 Å². The highest BCUT2D eigenvalue weighted by Gasteiger charge is 2.51. The fourth-order valence-electron chi connectivity index (χ4n) is 14.6. The standard InChI is InChI=1S/C76H50N2O/c1-75(2)61-25-11-9-24-58(61)73-65(75)29-16-31-69(73)78(52-39-34-47(35-40-52)50-36-41-56-55-22-8-14-28-64(55)76(66(56)46-50)62-26-12-6-20-53(62)54-21-7-13-27-63(54)76)70-32-17-33-72-74(70)60-45-49(38-43-71(60)79-72)48-37-42-68-59(44-48)57-23-10-15-30-67(57)77(68)51-18-4-3-5-19-51/h3-46H,1-2H3. The van der Waals surface area contributed by atoms with Gasteiger partial charge < -0.3 is 13.9 Å². The number of nitrogens with zero attached hydrogens (tertiary/aromatic N) is 2. The van der Waals surface area contributed by atoms with Crippen molar-refractivity contribution in [1.29, 1.82) is 0 Å². The number of furan rings is 1. The maximum Gasteiger partial charge on any atom is 0.137 e. The highest BCUT2D eigenvalue weighted by molar-refractivity contribution is 6.16. The second-order valence-corrected chi connectivity index (χ2v) is 22.3. The maximum absolute atomic E-state index is 6.86. The second kappa shape index (κ2) is 16.3. The van der Waals surface area contributed by atoms with Crippen molar-refractivity contribution in [3.05, 3.63) is 300 Å². The van der Waals surface area contributed by atoms with Crippen LogP contribution in [0.4, 0.5) is 17.1 Å². The van der Waals surface area contributed by atoms with E-state index < -0.39 is 5.41 Å². The first-order valence-corrected chi connectivity index (χ1v) is 27.6. The molecule has 0 saturated heterocycles. The van der Waals surface area contributed by atoms with Gasteiger partial charge in [0, 0.05) is 38.5 Å². The number of hydrogen-bond acceptors (Lipinski definition) is 2. The normalized spacial score (nSPS) is 13.9. The first-order chi connectivity index (χ1) is 38.9. The zero-order valence-corrected chi connectivity index (χ0v) is 43.7. The summed E-state index contributed by atoms with van der Waals surface area (Å²) in [5.41, 5.74) is 28.4. The van der Waals surface area contributed by atoms with Crippen LogP contribution >= 0.6 is 0 Å². The molecule has 1 spiro atoms. The van der Waals surface area contributed by atoms with Crippen molar-refractivity contribution in [1.82, 2.24) is 4.57 Å². The summed E-state index contributed by atoms with van der Waals surface area (Å²) in [6, 6.07) is 99.1. The molecule has 0 aliphatic heterocycles. The van der Waals surface area contributed by atoms with E-state index in [1.165, 1.54) is 99.7 Å². The fraction of sp³-hybridized carbons (Fsp3) is 0.0526. The van der Waals surface area contributed by atoms with E-state index in [4.69, 9.17) is 4.42 Å². The van der Waals surface area contributed by atoms with Gasteiger partial charge in [-0.05, 0) is 162 Å². The van der Waals surface area contributed by atoms with Crippen LogP contribution in [-0.4, -0.2) is 4.57 Å². The molecule has 17 rings (SSSR count). The van der Waals surface area contributed by atoms with Crippen molar-refractivity contribution >= 4 is 60.8 Å². The number of benzene rings is 12. The first-order valence-electron chi connectivity index (χ1n) is 27.6. The Morgan fingerprint density at radius 3 is 1.61 bits per heavy atom. The smallest absolute Gasteiger partial charge is 0.137 e. The average molecular weight is 1010 g/mol. The SMILES string of the molecule is CC1(C)c2ccccc2-c2c(N(c3ccc(-c4ccc5c(c4)C4(c6ccccc6-c6ccccc64)c4ccccc4-5)cc3)c3cccc4oc5ccc(-c6ccc7c(c6)c6ccccc6n7-c6ccccc6)cc5c34)cccc21. The molecule has 14 aromatic rings. The molecule has 3 aliphatic rings. The Morgan fingerprint density at radius 2 is 0.873 bits per heavy atom. The minimum Gasteiger partial charge on any atom is -0.456 e. The number of anilines is 3. The van der Waals surface area contributed by atoms with Crippen LogP contribution in [0.15, 0.2) is 271 Å². The van der Waals surface area contributed by atoms with Crippen molar-refractivity contribution in [3.63, 3.8) is 0 Å². The van der Waals surface area contributed by atoms with Crippen LogP contribution in [0.1, 0.15) is 47.2 Å². The van der Waals surface area contributed by atoms with Gasteiger partial charge in [0.15, 0.2) is 0 Å². The Hall–Kier alpha value is -9.96. The second-order valence-electron chi connectivity index (χ2n) is 22.3. The molecule has 0 radical (unpaired) electrons. The van der Waals surface area contributed by atoms with Gasteiger partial charge in [-0.1, -0.05) is 202 Å². The highest BCUT2D eigenvalue weighted by Crippen LogP contribution is 2.63. The van der Waals surface area contributed by atoms with Crippen LogP contribution in [0.3, 0.4) is 0 Å². The average Bonchev–Trinajstić information content (AvgIpc) is 3.67. The fourth-order valence-corrected chi connectivity index (χ4v) is 14.6. The van der Waals surface area contributed by atoms with Crippen LogP contribution in [-0.2, 0) is 10.8 Å². The molecule has 0 amide bonds. The van der Waals surface area contributed by atoms with Crippen molar-refractivity contribution in [3.8, 4) is 61.3 Å². The minimum atomic E-state index is -0.412. The Balaban J connectivity index is 0.842. The summed E-state index contributed by atoms with van der Waals surface area (Å²) in [5.74, 6) is 0. The maximum atomic E-state index is 6.86. The Labute approximate surface area is 458 Å². The zero-order chi connectivity index (χ0) is 52.1. The molecular weight excluding hydrogens is 957 g/mol. The summed E-state index contributed by atoms with van der Waals surface area (Å²) in [7, 11) is 0. The van der Waals surface area contributed by atoms with Gasteiger partial charge >= 0.3 is 0 Å². The molecule has 0 atom stereocenters. The van der Waals surface area contributed by atoms with E-state index in [9.17, 15) is 0 Å². The predicted octanol–water partition coefficient (Wildman–Crippen LogP) is 20.1. The lowest BCUT2D eigenvalue weighted by Crippen LogP contribution is -2.25. The quantitative estimate of drug-likeness (QED) is 0.166. The van der Waals surface area contributed by atoms with Gasteiger partial charge in [-0.25, -0.2) is 0 Å². The predicted molar refractivity (Wildman–Crippen MR) is 327 cm³/mol. The number of rotatable bonds is 6. The monoisotopic (exact) mass is 1010 g/mol. The van der Waals surface area contributed by atoms with E-state index in [2.05, 4.69) is 290 Å². The summed E-state index contributed by atoms with van der Waals surface area (Å²) in [6.45, 7) is 4.73. The lowest BCUT2D eigenvalue weighted by molar-refractivity contribution is 0.660. The molecular formula is C76H50N2O. The summed E-state index contributed by atoms with van der Waals surface area (Å²) in [5, 5.41) is 4.62. The van der Waals surface area contributed by atoms with Crippen LogP contribution in [0.2, 0.25) is 0 Å². The third-order valence-electron chi connectivity index (χ3n) is 18.0. The van der Waals surface area contributed by atoms with Gasteiger partial charge in [0.05, 0.1) is 33.2 Å². The summed E-state index contributed by atoms with van der Waals surface area (Å²) in [6.07, 6.45) is 0. The molecule has 0 saturated carbocycles. The molecule has 2 aromatic heterocycles. The topological polar surface area (TPSA) is 21.3 Å². The molecule has 0 unspecified atom stereocenters. The molecule has 3 nitrogen and oxygen atoms in total. The summed E-state index contributed by atoms with van der Waals surface area (Å²) in [4.78, 5) is 2.50. The van der Waals surface area contributed by atoms with E-state index in [0.717, 1.165) is 55.8 Å². The van der Waals surface area contributed by atoms with Crippen LogP contribution in [0.25, 0.3) is 105 Å². The van der Waals surface area contributed by atoms with Gasteiger partial charge in [0.1, 0.15) is 11.2 Å². The van der Waals surface area contributed by atoms with Gasteiger partial charge in [-0.2, -0.15) is 0 Å². The Kier molecular flexibility index (Phi) is 9.11. The molecule has 79 heavy (non-hydrogen) atoms. The molecule has 3 heteroatoms. The third-order valence-corrected chi connectivity index (χ3v) is 18.0. The molecule has 3 aliphatic carbocycles. The largest absolute Gasteiger partial charge is 0.456 e. The lowest BCUT2D eigenvalue weighted by Gasteiger charge is -2.31. The van der Waals surface area contributed by atoms with E-state index in [1.807, 2.05) is 0 Å². The first kappa shape index (κ1) is 44.2. The van der Waals surface area contributed by atoms with Gasteiger partial charge in [-0.15, -0.1) is 0 Å². The zero-order valence-electron chi connectivity index (χ0n) is 43.7. The molecule has 370 valence electrons. The molecule has 12 aromatic carbocycles. The van der Waals surface area contributed by atoms with E-state index in [1.54, 1.807) is 0 Å². The van der Waals surface area contributed by atoms with Crippen molar-refractivity contribution in [2.24, 2.45) is 0 Å². The van der Waals surface area contributed by atoms with Crippen molar-refractivity contribution in [2.45, 2.75) is 24.7 Å². The number of aromatic nitrogens is 1. The van der Waals surface area contributed by atoms with E-state index >= 15 is 0 Å². The van der Waals surface area contributed by atoms with Crippen LogP contribution in [0.5, 0.6) is 0 Å². The van der Waals surface area contributed by atoms with E-state index in [0.29, 0.717) is 0 Å². The van der Waals surface area contributed by atoms with Crippen molar-refractivity contribution < 1.29 is 4.42 Å². The Morgan fingerprint density at radius 1 is 0.342 bits per heavy atom. The summed E-state index contributed by atoms with van der Waals surface area (Å²) >= 11 is 0. The molecule has 0 fully saturated rings. The van der Waals surface area contributed by atoms with Gasteiger partial charge in [0.25, 0.3) is 0 Å². The lowest BCUT2D eigenvalue weighted by atomic mass is 9.70. The Bertz CT molecular complexity index is 4810.